The van der Waals surface area contributed by atoms with Gasteiger partial charge >= 0.3 is 5.97 Å². The highest BCUT2D eigenvalue weighted by Crippen LogP contribution is 2.11. The van der Waals surface area contributed by atoms with Gasteiger partial charge in [0.05, 0.1) is 17.9 Å². The van der Waals surface area contributed by atoms with Crippen molar-refractivity contribution >= 4 is 17.6 Å². The van der Waals surface area contributed by atoms with Gasteiger partial charge in [-0.15, -0.1) is 0 Å². The Kier molecular flexibility index (Phi) is 4.71. The van der Waals surface area contributed by atoms with E-state index in [0.29, 0.717) is 30.4 Å². The zero-order valence-corrected chi connectivity index (χ0v) is 12.1. The van der Waals surface area contributed by atoms with Gasteiger partial charge in [0.2, 0.25) is 5.95 Å². The lowest BCUT2D eigenvalue weighted by Crippen LogP contribution is -2.11. The van der Waals surface area contributed by atoms with Crippen molar-refractivity contribution in [2.24, 2.45) is 0 Å². The molecule has 0 atom stereocenters. The quantitative estimate of drug-likeness (QED) is 0.646. The molecule has 0 aliphatic rings. The zero-order chi connectivity index (χ0) is 15.2. The van der Waals surface area contributed by atoms with Gasteiger partial charge < -0.3 is 15.8 Å². The number of nitrogens with zero attached hydrogens (tertiary/aromatic N) is 2. The number of hydrogen-bond donors (Lipinski definition) is 2. The predicted octanol–water partition coefficient (Wildman–Crippen LogP) is 2.16. The van der Waals surface area contributed by atoms with Crippen molar-refractivity contribution in [3.8, 4) is 0 Å². The first-order valence-electron chi connectivity index (χ1n) is 6.69. The Labute approximate surface area is 123 Å². The number of anilines is 2. The number of nitrogens with two attached hydrogens (primary N) is 1. The molecule has 0 saturated carbocycles. The van der Waals surface area contributed by atoms with E-state index in [4.69, 9.17) is 10.5 Å². The van der Waals surface area contributed by atoms with E-state index in [-0.39, 0.29) is 0 Å². The maximum atomic E-state index is 11.7. The summed E-state index contributed by atoms with van der Waals surface area (Å²) in [6, 6.07) is 7.55. The number of carbonyl (C=O) groups excluding carboxylic acids is 1. The first-order chi connectivity index (χ1) is 10.1. The Hall–Kier alpha value is -2.63. The summed E-state index contributed by atoms with van der Waals surface area (Å²) >= 11 is 0. The fourth-order valence-corrected chi connectivity index (χ4v) is 1.78. The van der Waals surface area contributed by atoms with Crippen molar-refractivity contribution in [3.05, 3.63) is 47.3 Å². The van der Waals surface area contributed by atoms with Crippen molar-refractivity contribution in [1.29, 1.82) is 0 Å². The lowest BCUT2D eigenvalue weighted by Gasteiger charge is -2.08. The van der Waals surface area contributed by atoms with Gasteiger partial charge in [-0.05, 0) is 31.5 Å². The van der Waals surface area contributed by atoms with E-state index in [2.05, 4.69) is 15.3 Å². The SMILES string of the molecule is CCOC(=O)c1cnc(NCc2ccc(N)cc2)nc1C. The summed E-state index contributed by atoms with van der Waals surface area (Å²) in [7, 11) is 0. The summed E-state index contributed by atoms with van der Waals surface area (Å²) in [6.45, 7) is 4.42. The minimum absolute atomic E-state index is 0.329. The minimum atomic E-state index is -0.403. The van der Waals surface area contributed by atoms with Crippen LogP contribution < -0.4 is 11.1 Å². The molecule has 0 fully saturated rings. The van der Waals surface area contributed by atoms with Gasteiger partial charge in [-0.3, -0.25) is 0 Å². The molecule has 21 heavy (non-hydrogen) atoms. The number of hydrogen-bond acceptors (Lipinski definition) is 6. The Morgan fingerprint density at radius 3 is 2.67 bits per heavy atom. The molecule has 6 heteroatoms. The molecule has 0 unspecified atom stereocenters. The third-order valence-electron chi connectivity index (χ3n) is 2.91. The van der Waals surface area contributed by atoms with Crippen LogP contribution >= 0.6 is 0 Å². The number of carbonyl (C=O) groups is 1. The van der Waals surface area contributed by atoms with Crippen molar-refractivity contribution in [1.82, 2.24) is 9.97 Å². The van der Waals surface area contributed by atoms with Gasteiger partial charge in [0, 0.05) is 18.4 Å². The van der Waals surface area contributed by atoms with Crippen molar-refractivity contribution < 1.29 is 9.53 Å². The topological polar surface area (TPSA) is 90.1 Å². The number of esters is 1. The van der Waals surface area contributed by atoms with Gasteiger partial charge in [-0.25, -0.2) is 14.8 Å². The van der Waals surface area contributed by atoms with Crippen LogP contribution in [0, 0.1) is 6.92 Å². The highest BCUT2D eigenvalue weighted by Gasteiger charge is 2.12. The molecule has 0 spiro atoms. The van der Waals surface area contributed by atoms with Gasteiger partial charge in [0.25, 0.3) is 0 Å². The van der Waals surface area contributed by atoms with Crippen LogP contribution in [-0.4, -0.2) is 22.5 Å². The number of nitrogens with one attached hydrogen (secondary N) is 1. The number of rotatable bonds is 5. The van der Waals surface area contributed by atoms with Gasteiger partial charge in [-0.1, -0.05) is 12.1 Å². The van der Waals surface area contributed by atoms with Crippen molar-refractivity contribution in [3.63, 3.8) is 0 Å². The maximum Gasteiger partial charge on any atom is 0.341 e. The average molecular weight is 286 g/mol. The second kappa shape index (κ2) is 6.69. The smallest absolute Gasteiger partial charge is 0.341 e. The highest BCUT2D eigenvalue weighted by atomic mass is 16.5. The summed E-state index contributed by atoms with van der Waals surface area (Å²) in [6.07, 6.45) is 1.48. The van der Waals surface area contributed by atoms with E-state index in [1.54, 1.807) is 13.8 Å². The van der Waals surface area contributed by atoms with E-state index in [9.17, 15) is 4.79 Å². The van der Waals surface area contributed by atoms with Crippen LogP contribution in [0.3, 0.4) is 0 Å². The summed E-state index contributed by atoms with van der Waals surface area (Å²) in [5, 5.41) is 3.10. The monoisotopic (exact) mass is 286 g/mol. The first kappa shape index (κ1) is 14.8. The fraction of sp³-hybridized carbons (Fsp3) is 0.267. The molecule has 0 bridgehead atoms. The summed E-state index contributed by atoms with van der Waals surface area (Å²) < 4.78 is 4.94. The molecule has 0 amide bonds. The molecule has 0 aliphatic heterocycles. The lowest BCUT2D eigenvalue weighted by molar-refractivity contribution is 0.0524. The maximum absolute atomic E-state index is 11.7. The van der Waals surface area contributed by atoms with Crippen molar-refractivity contribution in [2.75, 3.05) is 17.7 Å². The number of benzene rings is 1. The van der Waals surface area contributed by atoms with Crippen molar-refractivity contribution in [2.45, 2.75) is 20.4 Å². The van der Waals surface area contributed by atoms with E-state index < -0.39 is 5.97 Å². The Balaban J connectivity index is 2.03. The molecule has 2 rings (SSSR count). The van der Waals surface area contributed by atoms with Crippen LogP contribution in [0.2, 0.25) is 0 Å². The number of aromatic nitrogens is 2. The molecule has 1 aromatic heterocycles. The van der Waals surface area contributed by atoms with Crippen LogP contribution in [0.5, 0.6) is 0 Å². The number of nitrogen functional groups attached to an aromatic ring is 1. The molecular weight excluding hydrogens is 268 g/mol. The van der Waals surface area contributed by atoms with Gasteiger partial charge in [0.15, 0.2) is 0 Å². The minimum Gasteiger partial charge on any atom is -0.462 e. The second-order valence-electron chi connectivity index (χ2n) is 4.51. The molecule has 0 aliphatic carbocycles. The Bertz CT molecular complexity index is 626. The third kappa shape index (κ3) is 3.92. The van der Waals surface area contributed by atoms with Crippen LogP contribution in [0.15, 0.2) is 30.5 Å². The van der Waals surface area contributed by atoms with Gasteiger partial charge in [0.1, 0.15) is 0 Å². The Morgan fingerprint density at radius 1 is 1.33 bits per heavy atom. The first-order valence-corrected chi connectivity index (χ1v) is 6.69. The normalized spacial score (nSPS) is 10.2. The molecule has 1 heterocycles. The molecule has 2 aromatic rings. The summed E-state index contributed by atoms with van der Waals surface area (Å²) in [5.41, 5.74) is 8.40. The van der Waals surface area contributed by atoms with Crippen LogP contribution in [0.4, 0.5) is 11.6 Å². The molecule has 110 valence electrons. The standard InChI is InChI=1S/C15H18N4O2/c1-3-21-14(20)13-9-18-15(19-10(13)2)17-8-11-4-6-12(16)7-5-11/h4-7,9H,3,8,16H2,1-2H3,(H,17,18,19). The van der Waals surface area contributed by atoms with E-state index in [1.807, 2.05) is 24.3 Å². The van der Waals surface area contributed by atoms with Crippen LogP contribution in [0.25, 0.3) is 0 Å². The van der Waals surface area contributed by atoms with Crippen LogP contribution in [-0.2, 0) is 11.3 Å². The molecule has 3 N–H and O–H groups in total. The van der Waals surface area contributed by atoms with E-state index in [1.165, 1.54) is 6.20 Å². The predicted molar refractivity (Wildman–Crippen MR) is 80.9 cm³/mol. The zero-order valence-electron chi connectivity index (χ0n) is 12.1. The lowest BCUT2D eigenvalue weighted by atomic mass is 10.2. The van der Waals surface area contributed by atoms with Gasteiger partial charge in [-0.2, -0.15) is 0 Å². The van der Waals surface area contributed by atoms with Crippen LogP contribution in [0.1, 0.15) is 28.5 Å². The number of ether oxygens (including phenoxy) is 1. The summed E-state index contributed by atoms with van der Waals surface area (Å²) in [4.78, 5) is 20.0. The molecule has 6 nitrogen and oxygen atoms in total. The highest BCUT2D eigenvalue weighted by molar-refractivity contribution is 5.90. The summed E-state index contributed by atoms with van der Waals surface area (Å²) in [5.74, 6) is 0.0671. The molecule has 0 radical (unpaired) electrons. The third-order valence-corrected chi connectivity index (χ3v) is 2.91. The largest absolute Gasteiger partial charge is 0.462 e. The fourth-order valence-electron chi connectivity index (χ4n) is 1.78. The molecule has 1 aromatic carbocycles. The number of aryl methyl sites for hydroxylation is 1. The van der Waals surface area contributed by atoms with E-state index >= 15 is 0 Å². The average Bonchev–Trinajstić information content (AvgIpc) is 2.47. The second-order valence-corrected chi connectivity index (χ2v) is 4.51. The van der Waals surface area contributed by atoms with E-state index in [0.717, 1.165) is 11.3 Å². The Morgan fingerprint density at radius 2 is 2.05 bits per heavy atom. The molecular formula is C15H18N4O2. The molecule has 0 saturated heterocycles.